The third-order valence-electron chi connectivity index (χ3n) is 2.96. The standard InChI is InChI=1S/C15H11NO6/c1-9-8-13(18)14(15(19)22-9)12(17)7-4-10-2-5-11(6-3-10)16(20)21/h2-8,14H,1H3/b7-4-/t14-/m0/s1. The Labute approximate surface area is 125 Å². The van der Waals surface area contributed by atoms with Crippen molar-refractivity contribution in [2.75, 3.05) is 0 Å². The minimum absolute atomic E-state index is 0.0740. The molecule has 22 heavy (non-hydrogen) atoms. The number of nitro benzene ring substituents is 1. The maximum atomic E-state index is 11.9. The number of nitro groups is 1. The average Bonchev–Trinajstić information content (AvgIpc) is 2.44. The lowest BCUT2D eigenvalue weighted by Crippen LogP contribution is -2.34. The molecule has 1 heterocycles. The highest BCUT2D eigenvalue weighted by Gasteiger charge is 2.36. The molecule has 0 spiro atoms. The van der Waals surface area contributed by atoms with E-state index >= 15 is 0 Å². The van der Waals surface area contributed by atoms with Gasteiger partial charge in [-0.3, -0.25) is 24.5 Å². The van der Waals surface area contributed by atoms with E-state index in [1.807, 2.05) is 0 Å². The van der Waals surface area contributed by atoms with E-state index in [9.17, 15) is 24.5 Å². The largest absolute Gasteiger partial charge is 0.430 e. The Hall–Kier alpha value is -3.09. The van der Waals surface area contributed by atoms with Gasteiger partial charge in [-0.15, -0.1) is 0 Å². The molecule has 2 rings (SSSR count). The lowest BCUT2D eigenvalue weighted by molar-refractivity contribution is -0.384. The fraction of sp³-hybridized carbons (Fsp3) is 0.133. The molecular formula is C15H11NO6. The van der Waals surface area contributed by atoms with Crippen molar-refractivity contribution in [1.29, 1.82) is 0 Å². The van der Waals surface area contributed by atoms with Crippen molar-refractivity contribution in [3.05, 3.63) is 57.9 Å². The molecule has 0 N–H and O–H groups in total. The Kier molecular flexibility index (Phi) is 4.26. The zero-order chi connectivity index (χ0) is 16.3. The molecule has 7 heteroatoms. The number of hydrogen-bond acceptors (Lipinski definition) is 6. The van der Waals surface area contributed by atoms with Gasteiger partial charge >= 0.3 is 5.97 Å². The molecule has 1 aromatic rings. The fourth-order valence-corrected chi connectivity index (χ4v) is 1.88. The molecule has 0 saturated heterocycles. The summed E-state index contributed by atoms with van der Waals surface area (Å²) >= 11 is 0. The second-order valence-electron chi connectivity index (χ2n) is 4.60. The molecule has 1 atom stereocenters. The number of esters is 1. The fourth-order valence-electron chi connectivity index (χ4n) is 1.88. The Bertz CT molecular complexity index is 714. The topological polar surface area (TPSA) is 104 Å². The third-order valence-corrected chi connectivity index (χ3v) is 2.96. The van der Waals surface area contributed by atoms with Crippen LogP contribution < -0.4 is 0 Å². The summed E-state index contributed by atoms with van der Waals surface area (Å²) in [5.41, 5.74) is 0.456. The van der Waals surface area contributed by atoms with Gasteiger partial charge in [-0.2, -0.15) is 0 Å². The highest BCUT2D eigenvalue weighted by atomic mass is 16.6. The number of nitrogens with zero attached hydrogens (tertiary/aromatic N) is 1. The summed E-state index contributed by atoms with van der Waals surface area (Å²) in [4.78, 5) is 45.2. The predicted octanol–water partition coefficient (Wildman–Crippen LogP) is 1.82. The summed E-state index contributed by atoms with van der Waals surface area (Å²) in [5, 5.41) is 10.5. The van der Waals surface area contributed by atoms with Crippen molar-refractivity contribution >= 4 is 29.3 Å². The SMILES string of the molecule is CC1=CC(=O)[C@H](C(=O)/C=C\c2ccc([N+](=O)[O-])cc2)C(=O)O1. The summed E-state index contributed by atoms with van der Waals surface area (Å²) in [6.07, 6.45) is 3.56. The lowest BCUT2D eigenvalue weighted by atomic mass is 9.96. The monoisotopic (exact) mass is 301 g/mol. The summed E-state index contributed by atoms with van der Waals surface area (Å²) in [5.74, 6) is -3.55. The molecule has 0 aliphatic carbocycles. The van der Waals surface area contributed by atoms with Crippen molar-refractivity contribution in [1.82, 2.24) is 0 Å². The molecule has 1 aromatic carbocycles. The second-order valence-corrected chi connectivity index (χ2v) is 4.60. The van der Waals surface area contributed by atoms with Crippen LogP contribution >= 0.6 is 0 Å². The van der Waals surface area contributed by atoms with Crippen LogP contribution in [0.4, 0.5) is 5.69 Å². The van der Waals surface area contributed by atoms with Crippen LogP contribution in [0.2, 0.25) is 0 Å². The number of cyclic esters (lactones) is 1. The number of hydrogen-bond donors (Lipinski definition) is 0. The number of allylic oxidation sites excluding steroid dienone is 3. The minimum Gasteiger partial charge on any atom is -0.430 e. The first-order valence-corrected chi connectivity index (χ1v) is 6.28. The van der Waals surface area contributed by atoms with E-state index < -0.39 is 28.4 Å². The van der Waals surface area contributed by atoms with Gasteiger partial charge in [-0.05, 0) is 30.7 Å². The maximum Gasteiger partial charge on any atom is 0.329 e. The zero-order valence-electron chi connectivity index (χ0n) is 11.5. The van der Waals surface area contributed by atoms with Gasteiger partial charge in [0.05, 0.1) is 4.92 Å². The first-order chi connectivity index (χ1) is 10.4. The molecule has 0 unspecified atom stereocenters. The van der Waals surface area contributed by atoms with Crippen LogP contribution in [-0.4, -0.2) is 22.5 Å². The van der Waals surface area contributed by atoms with Gasteiger partial charge in [0.25, 0.3) is 5.69 Å². The maximum absolute atomic E-state index is 11.9. The Balaban J connectivity index is 2.13. The first kappa shape index (κ1) is 15.3. The molecule has 1 aliphatic heterocycles. The molecule has 0 fully saturated rings. The van der Waals surface area contributed by atoms with Crippen molar-refractivity contribution in [2.24, 2.45) is 5.92 Å². The predicted molar refractivity (Wildman–Crippen MR) is 75.5 cm³/mol. The van der Waals surface area contributed by atoms with E-state index in [0.29, 0.717) is 5.56 Å². The van der Waals surface area contributed by atoms with Gasteiger partial charge in [0.2, 0.25) is 0 Å². The zero-order valence-corrected chi connectivity index (χ0v) is 11.5. The van der Waals surface area contributed by atoms with Gasteiger partial charge in [-0.25, -0.2) is 0 Å². The number of non-ortho nitro benzene ring substituents is 1. The van der Waals surface area contributed by atoms with Crippen LogP contribution in [0.5, 0.6) is 0 Å². The molecule has 0 saturated carbocycles. The number of rotatable bonds is 4. The van der Waals surface area contributed by atoms with Crippen LogP contribution in [0.15, 0.2) is 42.2 Å². The Morgan fingerprint density at radius 1 is 1.27 bits per heavy atom. The molecule has 0 aromatic heterocycles. The van der Waals surface area contributed by atoms with Crippen molar-refractivity contribution < 1.29 is 24.0 Å². The van der Waals surface area contributed by atoms with Crippen LogP contribution in [0.1, 0.15) is 12.5 Å². The molecule has 0 amide bonds. The van der Waals surface area contributed by atoms with E-state index in [-0.39, 0.29) is 11.4 Å². The number of benzene rings is 1. The molecule has 112 valence electrons. The minimum atomic E-state index is -1.49. The van der Waals surface area contributed by atoms with E-state index in [2.05, 4.69) is 0 Å². The van der Waals surface area contributed by atoms with Crippen LogP contribution in [0, 0.1) is 16.0 Å². The van der Waals surface area contributed by atoms with Crippen LogP contribution in [-0.2, 0) is 19.1 Å². The summed E-state index contributed by atoms with van der Waals surface area (Å²) in [6.45, 7) is 1.45. The average molecular weight is 301 g/mol. The van der Waals surface area contributed by atoms with E-state index in [4.69, 9.17) is 4.74 Å². The number of carbonyl (C=O) groups is 3. The first-order valence-electron chi connectivity index (χ1n) is 6.28. The van der Waals surface area contributed by atoms with E-state index in [0.717, 1.165) is 12.2 Å². The highest BCUT2D eigenvalue weighted by molar-refractivity contribution is 6.25. The molecule has 1 aliphatic rings. The van der Waals surface area contributed by atoms with Crippen molar-refractivity contribution in [3.63, 3.8) is 0 Å². The molecule has 7 nitrogen and oxygen atoms in total. The summed E-state index contributed by atoms with van der Waals surface area (Å²) < 4.78 is 4.76. The summed E-state index contributed by atoms with van der Waals surface area (Å²) in [6, 6.07) is 5.48. The Morgan fingerprint density at radius 2 is 1.91 bits per heavy atom. The quantitative estimate of drug-likeness (QED) is 0.276. The number of ether oxygens (including phenoxy) is 1. The normalized spacial score (nSPS) is 18.0. The third kappa shape index (κ3) is 3.32. The van der Waals surface area contributed by atoms with Crippen molar-refractivity contribution in [3.8, 4) is 0 Å². The number of carbonyl (C=O) groups excluding carboxylic acids is 3. The number of ketones is 2. The van der Waals surface area contributed by atoms with Gasteiger partial charge in [0, 0.05) is 18.2 Å². The van der Waals surface area contributed by atoms with Gasteiger partial charge in [-0.1, -0.05) is 6.08 Å². The Morgan fingerprint density at radius 3 is 2.45 bits per heavy atom. The van der Waals surface area contributed by atoms with Crippen LogP contribution in [0.3, 0.4) is 0 Å². The highest BCUT2D eigenvalue weighted by Crippen LogP contribution is 2.17. The van der Waals surface area contributed by atoms with Gasteiger partial charge in [0.15, 0.2) is 17.5 Å². The van der Waals surface area contributed by atoms with Gasteiger partial charge < -0.3 is 4.74 Å². The lowest BCUT2D eigenvalue weighted by Gasteiger charge is -2.15. The van der Waals surface area contributed by atoms with E-state index in [1.54, 1.807) is 0 Å². The molecular weight excluding hydrogens is 290 g/mol. The van der Waals surface area contributed by atoms with Crippen LogP contribution in [0.25, 0.3) is 6.08 Å². The van der Waals surface area contributed by atoms with Gasteiger partial charge in [0.1, 0.15) is 5.76 Å². The molecule has 0 radical (unpaired) electrons. The van der Waals surface area contributed by atoms with E-state index in [1.165, 1.54) is 37.3 Å². The van der Waals surface area contributed by atoms with Crippen molar-refractivity contribution in [2.45, 2.75) is 6.92 Å². The smallest absolute Gasteiger partial charge is 0.329 e. The second kappa shape index (κ2) is 6.13. The molecule has 0 bridgehead atoms. The summed E-state index contributed by atoms with van der Waals surface area (Å²) in [7, 11) is 0.